The summed E-state index contributed by atoms with van der Waals surface area (Å²) in [6.45, 7) is 11.3. The molecule has 3 rings (SSSR count). The van der Waals surface area contributed by atoms with Gasteiger partial charge in [0.1, 0.15) is 5.83 Å². The van der Waals surface area contributed by atoms with Gasteiger partial charge in [-0.15, -0.1) is 0 Å². The van der Waals surface area contributed by atoms with Crippen LogP contribution in [0.15, 0.2) is 72.6 Å². The van der Waals surface area contributed by atoms with Crippen molar-refractivity contribution in [1.82, 2.24) is 0 Å². The highest BCUT2D eigenvalue weighted by molar-refractivity contribution is 5.65. The molecule has 2 aromatic rings. The van der Waals surface area contributed by atoms with Crippen molar-refractivity contribution < 1.29 is 13.2 Å². The quantitative estimate of drug-likeness (QED) is 0.389. The Balaban J connectivity index is 1.69. The molecule has 0 spiro atoms. The topological polar surface area (TPSA) is 0 Å². The Labute approximate surface area is 184 Å². The third-order valence-electron chi connectivity index (χ3n) is 6.31. The molecule has 0 heterocycles. The molecule has 0 saturated heterocycles. The zero-order chi connectivity index (χ0) is 22.5. The molecular weight excluding hydrogens is 393 g/mol. The second kappa shape index (κ2) is 10.2. The van der Waals surface area contributed by atoms with Gasteiger partial charge in [-0.2, -0.15) is 0 Å². The molecule has 0 aliphatic heterocycles. The highest BCUT2D eigenvalue weighted by atomic mass is 19.2. The largest absolute Gasteiger partial charge is 0.207 e. The zero-order valence-corrected chi connectivity index (χ0v) is 18.5. The lowest BCUT2D eigenvalue weighted by atomic mass is 9.79. The highest BCUT2D eigenvalue weighted by Gasteiger charge is 2.25. The second-order valence-corrected chi connectivity index (χ2v) is 8.91. The second-order valence-electron chi connectivity index (χ2n) is 8.91. The molecule has 3 heteroatoms. The van der Waals surface area contributed by atoms with Gasteiger partial charge in [0.25, 0.3) is 0 Å². The minimum Gasteiger partial charge on any atom is -0.207 e. The first-order chi connectivity index (χ1) is 14.8. The maximum absolute atomic E-state index is 14.9. The number of halogens is 3. The summed E-state index contributed by atoms with van der Waals surface area (Å²) in [4.78, 5) is 0. The van der Waals surface area contributed by atoms with Gasteiger partial charge in [-0.3, -0.25) is 0 Å². The van der Waals surface area contributed by atoms with E-state index >= 15 is 0 Å². The van der Waals surface area contributed by atoms with Crippen molar-refractivity contribution in [1.29, 1.82) is 0 Å². The summed E-state index contributed by atoms with van der Waals surface area (Å²) in [7, 11) is 0. The van der Waals surface area contributed by atoms with Crippen molar-refractivity contribution in [2.45, 2.75) is 58.3 Å². The van der Waals surface area contributed by atoms with E-state index in [0.29, 0.717) is 41.0 Å². The van der Waals surface area contributed by atoms with E-state index in [-0.39, 0.29) is 17.3 Å². The molecule has 1 aliphatic rings. The van der Waals surface area contributed by atoms with Crippen LogP contribution < -0.4 is 0 Å². The third-order valence-corrected chi connectivity index (χ3v) is 6.31. The third kappa shape index (κ3) is 5.78. The number of rotatable bonds is 7. The summed E-state index contributed by atoms with van der Waals surface area (Å²) in [5.74, 6) is -1.05. The SMILES string of the molecule is C=C(/C=C(/F)C(=C)C)CCc1ccc(-c2ccc(C3CCC(C)CC3)c(F)c2F)cc1. The number of aryl methyl sites for hydroxylation is 1. The van der Waals surface area contributed by atoms with Crippen LogP contribution >= 0.6 is 0 Å². The molecule has 1 saturated carbocycles. The molecule has 0 atom stereocenters. The molecule has 1 aliphatic carbocycles. The summed E-state index contributed by atoms with van der Waals surface area (Å²) < 4.78 is 43.3. The van der Waals surface area contributed by atoms with Crippen molar-refractivity contribution in [2.75, 3.05) is 0 Å². The Morgan fingerprint density at radius 1 is 0.968 bits per heavy atom. The van der Waals surface area contributed by atoms with Gasteiger partial charge in [-0.25, -0.2) is 13.2 Å². The number of benzene rings is 2. The average molecular weight is 425 g/mol. The summed E-state index contributed by atoms with van der Waals surface area (Å²) >= 11 is 0. The predicted octanol–water partition coefficient (Wildman–Crippen LogP) is 8.84. The minimum atomic E-state index is -0.766. The fourth-order valence-electron chi connectivity index (χ4n) is 4.20. The van der Waals surface area contributed by atoms with Gasteiger partial charge in [0.15, 0.2) is 11.6 Å². The average Bonchev–Trinajstić information content (AvgIpc) is 2.75. The van der Waals surface area contributed by atoms with Gasteiger partial charge in [0, 0.05) is 5.56 Å². The van der Waals surface area contributed by atoms with Crippen LogP contribution in [0.4, 0.5) is 13.2 Å². The molecule has 0 unspecified atom stereocenters. The number of hydrogen-bond acceptors (Lipinski definition) is 0. The molecule has 0 nitrogen and oxygen atoms in total. The summed E-state index contributed by atoms with van der Waals surface area (Å²) in [5.41, 5.74) is 3.54. The monoisotopic (exact) mass is 424 g/mol. The number of allylic oxidation sites excluding steroid dienone is 4. The van der Waals surface area contributed by atoms with E-state index in [9.17, 15) is 13.2 Å². The van der Waals surface area contributed by atoms with E-state index in [1.807, 2.05) is 24.3 Å². The van der Waals surface area contributed by atoms with Crippen LogP contribution in [0.5, 0.6) is 0 Å². The standard InChI is InChI=1S/C28H31F3/c1-18(2)26(29)17-20(4)5-8-21-9-13-23(14-10-21)25-16-15-24(27(30)28(25)31)22-11-6-19(3)7-12-22/h9-10,13-17,19,22H,1,4-8,11-12H2,2-3H3/b26-17+. The van der Waals surface area contributed by atoms with Gasteiger partial charge in [0.2, 0.25) is 0 Å². The molecule has 0 radical (unpaired) electrons. The summed E-state index contributed by atoms with van der Waals surface area (Å²) in [6.07, 6.45) is 6.68. The lowest BCUT2D eigenvalue weighted by Gasteiger charge is -2.27. The van der Waals surface area contributed by atoms with E-state index in [2.05, 4.69) is 20.1 Å². The Bertz CT molecular complexity index is 974. The molecule has 0 bridgehead atoms. The first kappa shape index (κ1) is 23.1. The molecule has 1 fully saturated rings. The van der Waals surface area contributed by atoms with Crippen LogP contribution in [0.2, 0.25) is 0 Å². The molecule has 0 aromatic heterocycles. The van der Waals surface area contributed by atoms with E-state index < -0.39 is 11.6 Å². The van der Waals surface area contributed by atoms with Crippen molar-refractivity contribution in [3.05, 3.63) is 95.4 Å². The van der Waals surface area contributed by atoms with Gasteiger partial charge in [-0.05, 0) is 72.8 Å². The Morgan fingerprint density at radius 2 is 1.61 bits per heavy atom. The first-order valence-corrected chi connectivity index (χ1v) is 11.0. The van der Waals surface area contributed by atoms with Gasteiger partial charge < -0.3 is 0 Å². The smallest absolute Gasteiger partial charge is 0.166 e. The molecule has 31 heavy (non-hydrogen) atoms. The fraction of sp³-hybridized carbons (Fsp3) is 0.357. The predicted molar refractivity (Wildman–Crippen MR) is 124 cm³/mol. The Kier molecular flexibility index (Phi) is 7.59. The van der Waals surface area contributed by atoms with E-state index in [1.165, 1.54) is 6.08 Å². The minimum absolute atomic E-state index is 0.110. The molecule has 2 aromatic carbocycles. The van der Waals surface area contributed by atoms with E-state index in [4.69, 9.17) is 0 Å². The van der Waals surface area contributed by atoms with Crippen molar-refractivity contribution in [2.24, 2.45) is 5.92 Å². The van der Waals surface area contributed by atoms with Crippen LogP contribution in [0, 0.1) is 17.6 Å². The fourth-order valence-corrected chi connectivity index (χ4v) is 4.20. The van der Waals surface area contributed by atoms with E-state index in [1.54, 1.807) is 19.1 Å². The molecule has 164 valence electrons. The van der Waals surface area contributed by atoms with Crippen LogP contribution in [-0.2, 0) is 6.42 Å². The van der Waals surface area contributed by atoms with Gasteiger partial charge in [-0.1, -0.05) is 74.9 Å². The zero-order valence-electron chi connectivity index (χ0n) is 18.5. The molecule has 0 N–H and O–H groups in total. The van der Waals surface area contributed by atoms with Crippen molar-refractivity contribution >= 4 is 0 Å². The van der Waals surface area contributed by atoms with E-state index in [0.717, 1.165) is 31.2 Å². The molecular formula is C28H31F3. The first-order valence-electron chi connectivity index (χ1n) is 11.0. The maximum atomic E-state index is 14.9. The van der Waals surface area contributed by atoms with Crippen molar-refractivity contribution in [3.8, 4) is 11.1 Å². The molecule has 0 amide bonds. The van der Waals surface area contributed by atoms with Crippen LogP contribution in [-0.4, -0.2) is 0 Å². The summed E-state index contributed by atoms with van der Waals surface area (Å²) in [6, 6.07) is 10.9. The van der Waals surface area contributed by atoms with Crippen LogP contribution in [0.25, 0.3) is 11.1 Å². The lowest BCUT2D eigenvalue weighted by Crippen LogP contribution is -2.13. The van der Waals surface area contributed by atoms with Crippen LogP contribution in [0.3, 0.4) is 0 Å². The highest BCUT2D eigenvalue weighted by Crippen LogP contribution is 2.38. The number of hydrogen-bond donors (Lipinski definition) is 0. The lowest BCUT2D eigenvalue weighted by molar-refractivity contribution is 0.339. The maximum Gasteiger partial charge on any atom is 0.166 e. The van der Waals surface area contributed by atoms with Gasteiger partial charge in [0.05, 0.1) is 0 Å². The summed E-state index contributed by atoms with van der Waals surface area (Å²) in [5, 5.41) is 0. The Hall–Kier alpha value is -2.55. The van der Waals surface area contributed by atoms with Gasteiger partial charge >= 0.3 is 0 Å². The van der Waals surface area contributed by atoms with Crippen LogP contribution in [0.1, 0.15) is 63.0 Å². The van der Waals surface area contributed by atoms with Crippen molar-refractivity contribution in [3.63, 3.8) is 0 Å². The Morgan fingerprint density at radius 3 is 2.23 bits per heavy atom. The normalized spacial score (nSPS) is 19.3.